The van der Waals surface area contributed by atoms with Gasteiger partial charge in [0.15, 0.2) is 14.5 Å². The number of nitrogens with one attached hydrogen (secondary N) is 1. The van der Waals surface area contributed by atoms with Crippen LogP contribution in [0.1, 0.15) is 71.5 Å². The van der Waals surface area contributed by atoms with E-state index in [1.807, 2.05) is 27.7 Å². The van der Waals surface area contributed by atoms with Gasteiger partial charge in [0.05, 0.1) is 24.7 Å². The highest BCUT2D eigenvalue weighted by Gasteiger charge is 2.53. The molecule has 248 valence electrons. The van der Waals surface area contributed by atoms with E-state index in [0.717, 1.165) is 0 Å². The van der Waals surface area contributed by atoms with Gasteiger partial charge in [0.25, 0.3) is 14.1 Å². The highest BCUT2D eigenvalue weighted by molar-refractivity contribution is 7.44. The van der Waals surface area contributed by atoms with Crippen LogP contribution in [-0.4, -0.2) is 72.1 Å². The van der Waals surface area contributed by atoms with Gasteiger partial charge in [-0.3, -0.25) is 14.3 Å². The van der Waals surface area contributed by atoms with Gasteiger partial charge >= 0.3 is 11.7 Å². The number of carbonyl (C=O) groups excluding carboxylic acids is 1. The SMILES string of the molecule is CC(C)N(C(C)C)P(OCCC#N)O[C@@H]1C(O[Si](C)(C)C(C)(C)C)[C@H](n2ccc(=O)[nH]c2=O)O[C@@H]1COC(=O)c1ccccc1. The first kappa shape index (κ1) is 36.8. The molecular weight excluding hydrogens is 615 g/mol. The Morgan fingerprint density at radius 1 is 1.11 bits per heavy atom. The lowest BCUT2D eigenvalue weighted by atomic mass is 10.1. The highest BCUT2D eigenvalue weighted by atomic mass is 31.2. The Balaban J connectivity index is 2.12. The predicted molar refractivity (Wildman–Crippen MR) is 174 cm³/mol. The van der Waals surface area contributed by atoms with Crippen LogP contribution in [0.5, 0.6) is 0 Å². The van der Waals surface area contributed by atoms with Crippen LogP contribution in [0.3, 0.4) is 0 Å². The maximum absolute atomic E-state index is 13.1. The van der Waals surface area contributed by atoms with Gasteiger partial charge in [-0.25, -0.2) is 14.3 Å². The number of nitriles is 1. The Morgan fingerprint density at radius 3 is 2.31 bits per heavy atom. The van der Waals surface area contributed by atoms with Gasteiger partial charge in [-0.15, -0.1) is 0 Å². The topological polar surface area (TPSA) is 145 Å². The van der Waals surface area contributed by atoms with Crippen molar-refractivity contribution in [3.05, 3.63) is 69.0 Å². The maximum atomic E-state index is 13.1. The molecule has 1 aromatic carbocycles. The number of aromatic amines is 1. The number of rotatable bonds is 14. The number of aromatic nitrogens is 2. The van der Waals surface area contributed by atoms with Gasteiger partial charge < -0.3 is 22.9 Å². The summed E-state index contributed by atoms with van der Waals surface area (Å²) < 4.78 is 35.6. The standard InChI is InChI=1S/C31H47N4O8PSi/c1-21(2)35(22(3)4)44(40-19-13-17-32)42-26-24(20-39-29(37)23-14-11-10-12-15-23)41-28(34-18-16-25(36)33-30(34)38)27(26)43-45(8,9)31(5,6)7/h10-12,14-16,18,21-22,24,26-28H,13,19-20H2,1-9H3,(H,33,36,38)/t24-,26+,27?,28-,44?/m1/s1. The van der Waals surface area contributed by atoms with E-state index in [0.29, 0.717) is 5.56 Å². The first-order valence-corrected chi connectivity index (χ1v) is 19.2. The van der Waals surface area contributed by atoms with Gasteiger partial charge in [0, 0.05) is 24.3 Å². The van der Waals surface area contributed by atoms with Crippen molar-refractivity contribution in [1.29, 1.82) is 5.26 Å². The number of benzene rings is 1. The number of hydrogen-bond donors (Lipinski definition) is 1. The Morgan fingerprint density at radius 2 is 1.76 bits per heavy atom. The van der Waals surface area contributed by atoms with Crippen molar-refractivity contribution in [2.75, 3.05) is 13.2 Å². The number of H-pyrrole nitrogens is 1. The molecule has 0 radical (unpaired) electrons. The lowest BCUT2D eigenvalue weighted by Gasteiger charge is -2.42. The van der Waals surface area contributed by atoms with Crippen LogP contribution in [0.15, 0.2) is 52.2 Å². The first-order chi connectivity index (χ1) is 21.1. The van der Waals surface area contributed by atoms with Crippen LogP contribution < -0.4 is 11.2 Å². The molecule has 2 aromatic rings. The smallest absolute Gasteiger partial charge is 0.338 e. The summed E-state index contributed by atoms with van der Waals surface area (Å²) in [5.74, 6) is -0.539. The third-order valence-electron chi connectivity index (χ3n) is 7.91. The second-order valence-corrected chi connectivity index (χ2v) is 19.2. The number of nitrogens with zero attached hydrogens (tertiary/aromatic N) is 3. The second-order valence-electron chi connectivity index (χ2n) is 13.0. The number of esters is 1. The lowest BCUT2D eigenvalue weighted by Crippen LogP contribution is -2.50. The van der Waals surface area contributed by atoms with E-state index in [-0.39, 0.29) is 36.8 Å². The zero-order valence-electron chi connectivity index (χ0n) is 27.7. The summed E-state index contributed by atoms with van der Waals surface area (Å²) in [5, 5.41) is 9.00. The molecule has 45 heavy (non-hydrogen) atoms. The summed E-state index contributed by atoms with van der Waals surface area (Å²) in [4.78, 5) is 40.3. The van der Waals surface area contributed by atoms with E-state index >= 15 is 0 Å². The fraction of sp³-hybridized carbons (Fsp3) is 0.613. The molecule has 1 N–H and O–H groups in total. The molecule has 1 aliphatic heterocycles. The van der Waals surface area contributed by atoms with Crippen LogP contribution in [0.2, 0.25) is 18.1 Å². The molecule has 1 fully saturated rings. The third-order valence-corrected chi connectivity index (χ3v) is 14.5. The fourth-order valence-corrected chi connectivity index (χ4v) is 7.73. The van der Waals surface area contributed by atoms with Crippen molar-refractivity contribution in [2.24, 2.45) is 0 Å². The van der Waals surface area contributed by atoms with Crippen LogP contribution in [0, 0.1) is 11.3 Å². The molecule has 0 amide bonds. The molecule has 0 saturated carbocycles. The van der Waals surface area contributed by atoms with Crippen molar-refractivity contribution in [3.63, 3.8) is 0 Å². The zero-order chi connectivity index (χ0) is 33.5. The monoisotopic (exact) mass is 662 g/mol. The summed E-state index contributed by atoms with van der Waals surface area (Å²) >= 11 is 0. The van der Waals surface area contributed by atoms with E-state index in [1.54, 1.807) is 30.3 Å². The van der Waals surface area contributed by atoms with Crippen molar-refractivity contribution in [2.45, 2.75) is 110 Å². The summed E-state index contributed by atoms with van der Waals surface area (Å²) in [5.41, 5.74) is -0.838. The van der Waals surface area contributed by atoms with E-state index in [2.05, 4.69) is 49.6 Å². The van der Waals surface area contributed by atoms with E-state index < -0.39 is 58.6 Å². The summed E-state index contributed by atoms with van der Waals surface area (Å²) in [6.45, 7) is 18.5. The molecule has 1 aliphatic rings. The largest absolute Gasteiger partial charge is 0.459 e. The van der Waals surface area contributed by atoms with Crippen LogP contribution in [0.25, 0.3) is 0 Å². The van der Waals surface area contributed by atoms with Crippen LogP contribution in [0.4, 0.5) is 0 Å². The van der Waals surface area contributed by atoms with E-state index in [9.17, 15) is 19.6 Å². The molecule has 5 atom stereocenters. The van der Waals surface area contributed by atoms with Crippen LogP contribution >= 0.6 is 8.53 Å². The van der Waals surface area contributed by atoms with Crippen molar-refractivity contribution in [3.8, 4) is 6.07 Å². The van der Waals surface area contributed by atoms with Gasteiger partial charge in [0.1, 0.15) is 24.9 Å². The van der Waals surface area contributed by atoms with Gasteiger partial charge in [-0.2, -0.15) is 5.26 Å². The van der Waals surface area contributed by atoms with Crippen LogP contribution in [-0.2, 0) is 22.9 Å². The second kappa shape index (κ2) is 15.7. The molecule has 12 nitrogen and oxygen atoms in total. The Kier molecular flexibility index (Phi) is 12.9. The minimum absolute atomic E-state index is 0.0206. The summed E-state index contributed by atoms with van der Waals surface area (Å²) in [7, 11) is -4.31. The maximum Gasteiger partial charge on any atom is 0.338 e. The van der Waals surface area contributed by atoms with E-state index in [4.69, 9.17) is 22.9 Å². The molecule has 0 spiro atoms. The minimum Gasteiger partial charge on any atom is -0.459 e. The minimum atomic E-state index is -2.54. The molecule has 14 heteroatoms. The fourth-order valence-electron chi connectivity index (χ4n) is 4.68. The quantitative estimate of drug-likeness (QED) is 0.122. The molecule has 0 aliphatic carbocycles. The molecule has 2 heterocycles. The van der Waals surface area contributed by atoms with Gasteiger partial charge in [0.2, 0.25) is 0 Å². The number of carbonyl (C=O) groups is 1. The van der Waals surface area contributed by atoms with Gasteiger partial charge in [-0.05, 0) is 58.0 Å². The zero-order valence-corrected chi connectivity index (χ0v) is 29.6. The van der Waals surface area contributed by atoms with Crippen molar-refractivity contribution < 1.29 is 27.7 Å². The third kappa shape index (κ3) is 9.42. The van der Waals surface area contributed by atoms with E-state index in [1.165, 1.54) is 16.8 Å². The normalized spacial score (nSPS) is 21.3. The van der Waals surface area contributed by atoms with Crippen molar-refractivity contribution in [1.82, 2.24) is 14.2 Å². The lowest BCUT2D eigenvalue weighted by molar-refractivity contribution is -0.0581. The molecular formula is C31H47N4O8PSi. The predicted octanol–water partition coefficient (Wildman–Crippen LogP) is 5.34. The number of ether oxygens (including phenoxy) is 2. The summed E-state index contributed by atoms with van der Waals surface area (Å²) in [6.07, 6.45) is -2.06. The molecule has 0 bridgehead atoms. The Labute approximate surface area is 267 Å². The average molecular weight is 663 g/mol. The molecule has 1 saturated heterocycles. The number of hydrogen-bond acceptors (Lipinski definition) is 10. The Hall–Kier alpha value is -2.69. The summed E-state index contributed by atoms with van der Waals surface area (Å²) in [6, 6.07) is 12.0. The van der Waals surface area contributed by atoms with Crippen molar-refractivity contribution >= 4 is 22.8 Å². The average Bonchev–Trinajstić information content (AvgIpc) is 3.26. The molecule has 2 unspecified atom stereocenters. The molecule has 1 aromatic heterocycles. The highest BCUT2D eigenvalue weighted by Crippen LogP contribution is 2.51. The Bertz CT molecular complexity index is 1410. The molecule has 3 rings (SSSR count). The van der Waals surface area contributed by atoms with Gasteiger partial charge in [-0.1, -0.05) is 39.0 Å². The first-order valence-electron chi connectivity index (χ1n) is 15.2.